The highest BCUT2D eigenvalue weighted by atomic mass is 35.5. The van der Waals surface area contributed by atoms with Gasteiger partial charge in [0, 0.05) is 5.02 Å². The van der Waals surface area contributed by atoms with Gasteiger partial charge in [0.15, 0.2) is 5.76 Å². The third-order valence-electron chi connectivity index (χ3n) is 2.32. The number of rotatable bonds is 4. The first-order valence-corrected chi connectivity index (χ1v) is 6.13. The largest absolute Gasteiger partial charge is 0.461 e. The molecule has 2 aromatic rings. The molecule has 0 bridgehead atoms. The Morgan fingerprint density at radius 1 is 1.21 bits per heavy atom. The summed E-state index contributed by atoms with van der Waals surface area (Å²) in [4.78, 5) is 23.4. The molecule has 0 saturated heterocycles. The molecule has 0 atom stereocenters. The van der Waals surface area contributed by atoms with E-state index in [1.807, 2.05) is 0 Å². The van der Waals surface area contributed by atoms with Crippen molar-refractivity contribution in [3.63, 3.8) is 0 Å². The molecule has 0 radical (unpaired) electrons. The molecule has 6 heteroatoms. The molecule has 1 aromatic carbocycles. The van der Waals surface area contributed by atoms with Gasteiger partial charge in [-0.2, -0.15) is 0 Å². The van der Waals surface area contributed by atoms with Gasteiger partial charge in [-0.15, -0.1) is 0 Å². The average molecular weight is 298 g/mol. The van der Waals surface area contributed by atoms with Gasteiger partial charge in [0.25, 0.3) is 0 Å². The predicted octanol–water partition coefficient (Wildman–Crippen LogP) is 3.80. The maximum Gasteiger partial charge on any atom is 0.232 e. The molecule has 1 aromatic heterocycles. The number of amides is 1. The molecule has 0 aliphatic carbocycles. The number of carbonyl (C=O) groups is 2. The summed E-state index contributed by atoms with van der Waals surface area (Å²) < 4.78 is 4.91. The Bertz CT molecular complexity index is 608. The fourth-order valence-electron chi connectivity index (χ4n) is 1.46. The first-order valence-electron chi connectivity index (χ1n) is 5.38. The van der Waals surface area contributed by atoms with E-state index in [2.05, 4.69) is 5.32 Å². The molecule has 1 N–H and O–H groups in total. The highest BCUT2D eigenvalue weighted by molar-refractivity contribution is 6.35. The van der Waals surface area contributed by atoms with Crippen molar-refractivity contribution < 1.29 is 14.0 Å². The zero-order valence-electron chi connectivity index (χ0n) is 9.65. The molecule has 19 heavy (non-hydrogen) atoms. The second-order valence-electron chi connectivity index (χ2n) is 3.75. The van der Waals surface area contributed by atoms with Gasteiger partial charge in [0.2, 0.25) is 11.7 Å². The van der Waals surface area contributed by atoms with Gasteiger partial charge in [-0.25, -0.2) is 0 Å². The Morgan fingerprint density at radius 2 is 2.00 bits per heavy atom. The van der Waals surface area contributed by atoms with Gasteiger partial charge in [-0.1, -0.05) is 23.2 Å². The number of halogens is 2. The zero-order chi connectivity index (χ0) is 13.8. The number of Topliss-reactive ketones (excluding diaryl/α,β-unsaturated/α-hetero) is 1. The Kier molecular flexibility index (Phi) is 4.24. The molecule has 0 aliphatic rings. The highest BCUT2D eigenvalue weighted by Crippen LogP contribution is 2.25. The van der Waals surface area contributed by atoms with E-state index >= 15 is 0 Å². The molecule has 0 spiro atoms. The van der Waals surface area contributed by atoms with Crippen LogP contribution in [0.15, 0.2) is 41.0 Å². The van der Waals surface area contributed by atoms with Crippen LogP contribution < -0.4 is 5.32 Å². The lowest BCUT2D eigenvalue weighted by molar-refractivity contribution is -0.115. The van der Waals surface area contributed by atoms with Crippen molar-refractivity contribution in [3.05, 3.63) is 52.4 Å². The number of hydrogen-bond donors (Lipinski definition) is 1. The summed E-state index contributed by atoms with van der Waals surface area (Å²) in [6.07, 6.45) is 1.05. The topological polar surface area (TPSA) is 59.3 Å². The van der Waals surface area contributed by atoms with E-state index in [0.29, 0.717) is 15.7 Å². The number of ketones is 1. The normalized spacial score (nSPS) is 10.2. The van der Waals surface area contributed by atoms with Crippen molar-refractivity contribution >= 4 is 40.6 Å². The van der Waals surface area contributed by atoms with Crippen molar-refractivity contribution in [1.82, 2.24) is 0 Å². The number of carbonyl (C=O) groups excluding carboxylic acids is 2. The van der Waals surface area contributed by atoms with Gasteiger partial charge >= 0.3 is 0 Å². The summed E-state index contributed by atoms with van der Waals surface area (Å²) in [5.74, 6) is -0.737. The van der Waals surface area contributed by atoms with Crippen molar-refractivity contribution in [2.75, 3.05) is 5.32 Å². The fraction of sp³-hybridized carbons (Fsp3) is 0.0769. The minimum Gasteiger partial charge on any atom is -0.461 e. The quantitative estimate of drug-likeness (QED) is 0.690. The van der Waals surface area contributed by atoms with Gasteiger partial charge in [-0.05, 0) is 30.3 Å². The van der Waals surface area contributed by atoms with Crippen LogP contribution in [0, 0.1) is 0 Å². The lowest BCUT2D eigenvalue weighted by Crippen LogP contribution is -2.16. The molecule has 98 valence electrons. The van der Waals surface area contributed by atoms with Gasteiger partial charge in [0.1, 0.15) is 0 Å². The van der Waals surface area contributed by atoms with Crippen LogP contribution in [-0.4, -0.2) is 11.7 Å². The molecule has 4 nitrogen and oxygen atoms in total. The molecule has 2 rings (SSSR count). The van der Waals surface area contributed by atoms with Crippen molar-refractivity contribution in [2.45, 2.75) is 6.42 Å². The average Bonchev–Trinajstić information content (AvgIpc) is 2.87. The third kappa shape index (κ3) is 3.59. The van der Waals surface area contributed by atoms with Gasteiger partial charge in [-0.3, -0.25) is 9.59 Å². The summed E-state index contributed by atoms with van der Waals surface area (Å²) in [5, 5.41) is 3.32. The molecule has 0 saturated carbocycles. The molecule has 0 fully saturated rings. The van der Waals surface area contributed by atoms with E-state index in [-0.39, 0.29) is 12.2 Å². The second-order valence-corrected chi connectivity index (χ2v) is 4.59. The SMILES string of the molecule is O=C(CC(=O)c1ccco1)Nc1cc(Cl)ccc1Cl. The Morgan fingerprint density at radius 3 is 2.68 bits per heavy atom. The van der Waals surface area contributed by atoms with Crippen molar-refractivity contribution in [3.8, 4) is 0 Å². The number of nitrogens with one attached hydrogen (secondary N) is 1. The van der Waals surface area contributed by atoms with E-state index < -0.39 is 11.7 Å². The van der Waals surface area contributed by atoms with Crippen LogP contribution in [0.5, 0.6) is 0 Å². The fourth-order valence-corrected chi connectivity index (χ4v) is 1.79. The Labute approximate surface area is 119 Å². The highest BCUT2D eigenvalue weighted by Gasteiger charge is 2.15. The summed E-state index contributed by atoms with van der Waals surface area (Å²) in [5.41, 5.74) is 0.367. The van der Waals surface area contributed by atoms with Crippen LogP contribution in [-0.2, 0) is 4.79 Å². The van der Waals surface area contributed by atoms with Crippen molar-refractivity contribution in [1.29, 1.82) is 0 Å². The summed E-state index contributed by atoms with van der Waals surface area (Å²) >= 11 is 11.7. The van der Waals surface area contributed by atoms with Gasteiger partial charge < -0.3 is 9.73 Å². The van der Waals surface area contributed by atoms with Gasteiger partial charge in [0.05, 0.1) is 23.4 Å². The Balaban J connectivity index is 2.02. The lowest BCUT2D eigenvalue weighted by atomic mass is 10.2. The van der Waals surface area contributed by atoms with Crippen LogP contribution >= 0.6 is 23.2 Å². The molecular formula is C13H9Cl2NO3. The molecular weight excluding hydrogens is 289 g/mol. The summed E-state index contributed by atoms with van der Waals surface area (Å²) in [6, 6.07) is 7.77. The van der Waals surface area contributed by atoms with E-state index in [0.717, 1.165) is 0 Å². The molecule has 1 amide bonds. The second kappa shape index (κ2) is 5.91. The summed E-state index contributed by atoms with van der Waals surface area (Å²) in [6.45, 7) is 0. The maximum absolute atomic E-state index is 11.7. The molecule has 0 unspecified atom stereocenters. The van der Waals surface area contributed by atoms with Crippen LogP contribution in [0.4, 0.5) is 5.69 Å². The van der Waals surface area contributed by atoms with E-state index in [9.17, 15) is 9.59 Å². The molecule has 1 heterocycles. The van der Waals surface area contributed by atoms with Crippen molar-refractivity contribution in [2.24, 2.45) is 0 Å². The number of hydrogen-bond acceptors (Lipinski definition) is 3. The number of furan rings is 1. The zero-order valence-corrected chi connectivity index (χ0v) is 11.2. The van der Waals surface area contributed by atoms with Crippen LogP contribution in [0.1, 0.15) is 17.0 Å². The molecule has 0 aliphatic heterocycles. The lowest BCUT2D eigenvalue weighted by Gasteiger charge is -2.06. The first kappa shape index (κ1) is 13.6. The standard InChI is InChI=1S/C13H9Cl2NO3/c14-8-3-4-9(15)10(6-8)16-13(18)7-11(17)12-2-1-5-19-12/h1-6H,7H2,(H,16,18). The smallest absolute Gasteiger partial charge is 0.232 e. The van der Waals surface area contributed by atoms with Crippen LogP contribution in [0.25, 0.3) is 0 Å². The predicted molar refractivity (Wildman–Crippen MR) is 72.7 cm³/mol. The Hall–Kier alpha value is -1.78. The third-order valence-corrected chi connectivity index (χ3v) is 2.88. The number of benzene rings is 1. The maximum atomic E-state index is 11.7. The number of anilines is 1. The van der Waals surface area contributed by atoms with Crippen LogP contribution in [0.3, 0.4) is 0 Å². The van der Waals surface area contributed by atoms with Crippen LogP contribution in [0.2, 0.25) is 10.0 Å². The minimum absolute atomic E-state index is 0.146. The van der Waals surface area contributed by atoms with E-state index in [1.165, 1.54) is 18.4 Å². The minimum atomic E-state index is -0.481. The monoisotopic (exact) mass is 297 g/mol. The first-order chi connectivity index (χ1) is 9.06. The van der Waals surface area contributed by atoms with E-state index in [4.69, 9.17) is 27.6 Å². The van der Waals surface area contributed by atoms with E-state index in [1.54, 1.807) is 18.2 Å². The summed E-state index contributed by atoms with van der Waals surface area (Å²) in [7, 11) is 0.